The number of rotatable bonds is 1. The van der Waals surface area contributed by atoms with Crippen LogP contribution in [0.1, 0.15) is 5.01 Å². The third kappa shape index (κ3) is 1.32. The molecule has 0 spiro atoms. The summed E-state index contributed by atoms with van der Waals surface area (Å²) >= 11 is 1.86. The van der Waals surface area contributed by atoms with E-state index in [0.29, 0.717) is 4.90 Å². The predicted molar refractivity (Wildman–Crippen MR) is 51.3 cm³/mol. The zero-order valence-corrected chi connectivity index (χ0v) is 8.01. The van der Waals surface area contributed by atoms with E-state index in [1.54, 1.807) is 17.4 Å². The van der Waals surface area contributed by atoms with Crippen LogP contribution in [-0.2, 0) is 0 Å². The molecule has 0 aliphatic rings. The van der Waals surface area contributed by atoms with E-state index in [0.717, 1.165) is 15.2 Å². The van der Waals surface area contributed by atoms with Crippen LogP contribution in [0.4, 0.5) is 3.89 Å². The molecular formula is C8H6FNS2. The van der Waals surface area contributed by atoms with Gasteiger partial charge in [0.1, 0.15) is 0 Å². The van der Waals surface area contributed by atoms with Crippen LogP contribution in [0.25, 0.3) is 10.2 Å². The second-order valence-electron chi connectivity index (χ2n) is 2.44. The maximum atomic E-state index is 12.2. The molecule has 2 aromatic rings. The lowest BCUT2D eigenvalue weighted by Crippen LogP contribution is -1.69. The average molecular weight is 199 g/mol. The van der Waals surface area contributed by atoms with Crippen molar-refractivity contribution in [3.05, 3.63) is 23.2 Å². The summed E-state index contributed by atoms with van der Waals surface area (Å²) in [5.74, 6) is 0. The van der Waals surface area contributed by atoms with E-state index in [1.807, 2.05) is 19.1 Å². The highest BCUT2D eigenvalue weighted by Gasteiger charge is 2.01. The van der Waals surface area contributed by atoms with Crippen LogP contribution in [0.5, 0.6) is 0 Å². The molecule has 12 heavy (non-hydrogen) atoms. The zero-order valence-electron chi connectivity index (χ0n) is 6.37. The van der Waals surface area contributed by atoms with E-state index in [9.17, 15) is 3.89 Å². The van der Waals surface area contributed by atoms with Crippen LogP contribution in [0.2, 0.25) is 0 Å². The molecule has 1 aromatic carbocycles. The Morgan fingerprint density at radius 1 is 1.50 bits per heavy atom. The SMILES string of the molecule is Cc1nc2ccc(SF)cc2s1. The van der Waals surface area contributed by atoms with Gasteiger partial charge in [-0.15, -0.1) is 11.3 Å². The van der Waals surface area contributed by atoms with Gasteiger partial charge in [-0.2, -0.15) is 3.89 Å². The summed E-state index contributed by atoms with van der Waals surface area (Å²) in [6.45, 7) is 1.95. The molecule has 4 heteroatoms. The van der Waals surface area contributed by atoms with Crippen molar-refractivity contribution in [2.75, 3.05) is 0 Å². The molecule has 0 aliphatic carbocycles. The van der Waals surface area contributed by atoms with Gasteiger partial charge in [-0.05, 0) is 25.1 Å². The minimum Gasteiger partial charge on any atom is -0.242 e. The number of hydrogen-bond acceptors (Lipinski definition) is 3. The first kappa shape index (κ1) is 8.01. The lowest BCUT2D eigenvalue weighted by molar-refractivity contribution is 0.934. The van der Waals surface area contributed by atoms with E-state index in [2.05, 4.69) is 4.98 Å². The molecule has 0 amide bonds. The normalized spacial score (nSPS) is 10.8. The number of thiazole rings is 1. The molecule has 62 valence electrons. The van der Waals surface area contributed by atoms with Crippen LogP contribution in [0.15, 0.2) is 23.1 Å². The third-order valence-corrected chi connectivity index (χ3v) is 2.92. The summed E-state index contributed by atoms with van der Waals surface area (Å²) in [5.41, 5.74) is 0.954. The van der Waals surface area contributed by atoms with Gasteiger partial charge in [0.2, 0.25) is 0 Å². The molecular weight excluding hydrogens is 193 g/mol. The van der Waals surface area contributed by atoms with Crippen LogP contribution >= 0.6 is 23.5 Å². The quantitative estimate of drug-likeness (QED) is 0.696. The fourth-order valence-electron chi connectivity index (χ4n) is 1.07. The molecule has 0 saturated carbocycles. The monoisotopic (exact) mass is 199 g/mol. The first-order valence-corrected chi connectivity index (χ1v) is 4.99. The van der Waals surface area contributed by atoms with Crippen molar-refractivity contribution in [3.8, 4) is 0 Å². The topological polar surface area (TPSA) is 12.9 Å². The van der Waals surface area contributed by atoms with Gasteiger partial charge in [-0.1, -0.05) is 0 Å². The van der Waals surface area contributed by atoms with E-state index in [1.165, 1.54) is 0 Å². The first-order valence-electron chi connectivity index (χ1n) is 3.45. The van der Waals surface area contributed by atoms with Gasteiger partial charge in [0.15, 0.2) is 0 Å². The van der Waals surface area contributed by atoms with Crippen molar-refractivity contribution >= 4 is 33.7 Å². The fraction of sp³-hybridized carbons (Fsp3) is 0.125. The maximum absolute atomic E-state index is 12.2. The van der Waals surface area contributed by atoms with Crippen molar-refractivity contribution in [2.24, 2.45) is 0 Å². The average Bonchev–Trinajstić information content (AvgIpc) is 2.43. The van der Waals surface area contributed by atoms with Crippen LogP contribution in [-0.4, -0.2) is 4.98 Å². The molecule has 0 radical (unpaired) electrons. The molecule has 2 rings (SSSR count). The number of aromatic nitrogens is 1. The maximum Gasteiger partial charge on any atom is 0.0907 e. The number of fused-ring (bicyclic) bond motifs is 1. The van der Waals surface area contributed by atoms with E-state index in [-0.39, 0.29) is 12.1 Å². The number of aryl methyl sites for hydroxylation is 1. The highest BCUT2D eigenvalue weighted by Crippen LogP contribution is 2.27. The largest absolute Gasteiger partial charge is 0.242 e. The van der Waals surface area contributed by atoms with Gasteiger partial charge in [-0.3, -0.25) is 0 Å². The Morgan fingerprint density at radius 2 is 2.33 bits per heavy atom. The number of hydrogen-bond donors (Lipinski definition) is 0. The van der Waals surface area contributed by atoms with Gasteiger partial charge in [-0.25, -0.2) is 4.98 Å². The molecule has 1 heterocycles. The van der Waals surface area contributed by atoms with Crippen LogP contribution in [0, 0.1) is 6.92 Å². The van der Waals surface area contributed by atoms with Crippen molar-refractivity contribution in [3.63, 3.8) is 0 Å². The Labute approximate surface area is 77.9 Å². The van der Waals surface area contributed by atoms with Crippen molar-refractivity contribution in [1.82, 2.24) is 4.98 Å². The van der Waals surface area contributed by atoms with Gasteiger partial charge in [0.25, 0.3) is 0 Å². The lowest BCUT2D eigenvalue weighted by Gasteiger charge is -1.90. The molecule has 0 N–H and O–H groups in total. The minimum atomic E-state index is 0.272. The van der Waals surface area contributed by atoms with Crippen molar-refractivity contribution in [2.45, 2.75) is 11.8 Å². The Hall–Kier alpha value is -0.610. The molecule has 0 aliphatic heterocycles. The highest BCUT2D eigenvalue weighted by atomic mass is 32.2. The second-order valence-corrected chi connectivity index (χ2v) is 4.30. The lowest BCUT2D eigenvalue weighted by atomic mass is 10.3. The molecule has 0 saturated heterocycles. The summed E-state index contributed by atoms with van der Waals surface area (Å²) in [6, 6.07) is 5.41. The molecule has 0 unspecified atom stereocenters. The van der Waals surface area contributed by atoms with E-state index in [4.69, 9.17) is 0 Å². The Kier molecular flexibility index (Phi) is 2.02. The molecule has 0 atom stereocenters. The summed E-state index contributed by atoms with van der Waals surface area (Å²) in [6.07, 6.45) is 0. The van der Waals surface area contributed by atoms with Gasteiger partial charge in [0.05, 0.1) is 27.4 Å². The second kappa shape index (κ2) is 3.03. The van der Waals surface area contributed by atoms with Gasteiger partial charge in [0, 0.05) is 4.90 Å². The van der Waals surface area contributed by atoms with Crippen LogP contribution < -0.4 is 0 Å². The van der Waals surface area contributed by atoms with Crippen molar-refractivity contribution < 1.29 is 3.89 Å². The Bertz CT molecular complexity index is 410. The summed E-state index contributed by atoms with van der Waals surface area (Å²) in [4.78, 5) is 4.92. The smallest absolute Gasteiger partial charge is 0.0907 e. The van der Waals surface area contributed by atoms with E-state index < -0.39 is 0 Å². The number of halogens is 1. The molecule has 1 aromatic heterocycles. The molecule has 0 fully saturated rings. The predicted octanol–water partition coefficient (Wildman–Crippen LogP) is 3.58. The number of nitrogens with zero attached hydrogens (tertiary/aromatic N) is 1. The Balaban J connectivity index is 2.66. The Morgan fingerprint density at radius 3 is 3.08 bits per heavy atom. The van der Waals surface area contributed by atoms with Gasteiger partial charge >= 0.3 is 0 Å². The van der Waals surface area contributed by atoms with Gasteiger partial charge < -0.3 is 0 Å². The minimum absolute atomic E-state index is 0.272. The number of benzene rings is 1. The third-order valence-electron chi connectivity index (χ3n) is 1.56. The molecule has 1 nitrogen and oxygen atoms in total. The van der Waals surface area contributed by atoms with Crippen LogP contribution in [0.3, 0.4) is 0 Å². The zero-order chi connectivity index (χ0) is 8.55. The summed E-state index contributed by atoms with van der Waals surface area (Å²) in [7, 11) is 0. The fourth-order valence-corrected chi connectivity index (χ4v) is 2.29. The van der Waals surface area contributed by atoms with Crippen molar-refractivity contribution in [1.29, 1.82) is 0 Å². The molecule has 0 bridgehead atoms. The highest BCUT2D eigenvalue weighted by molar-refractivity contribution is 7.94. The summed E-state index contributed by atoms with van der Waals surface area (Å²) < 4.78 is 13.2. The first-order chi connectivity index (χ1) is 5.79. The summed E-state index contributed by atoms with van der Waals surface area (Å²) in [5, 5.41) is 1.02. The van der Waals surface area contributed by atoms with E-state index >= 15 is 0 Å². The standard InChI is InChI=1S/C8H6FNS2/c1-5-10-7-3-2-6(12-9)4-8(7)11-5/h2-4H,1H3.